The summed E-state index contributed by atoms with van der Waals surface area (Å²) < 4.78 is 1.96. The molecule has 1 aliphatic rings. The summed E-state index contributed by atoms with van der Waals surface area (Å²) in [6, 6.07) is 12.3. The fourth-order valence-corrected chi connectivity index (χ4v) is 3.63. The molecule has 1 amide bonds. The van der Waals surface area contributed by atoms with Crippen molar-refractivity contribution in [1.82, 2.24) is 14.3 Å². The third-order valence-corrected chi connectivity index (χ3v) is 5.36. The minimum absolute atomic E-state index is 0.0885. The minimum atomic E-state index is 0.0885. The van der Waals surface area contributed by atoms with Crippen LogP contribution in [0.25, 0.3) is 16.9 Å². The van der Waals surface area contributed by atoms with E-state index in [4.69, 9.17) is 4.98 Å². The van der Waals surface area contributed by atoms with Crippen LogP contribution in [0.2, 0.25) is 0 Å². The molecule has 3 aromatic rings. The Morgan fingerprint density at radius 2 is 1.65 bits per heavy atom. The molecule has 3 heterocycles. The highest BCUT2D eigenvalue weighted by Gasteiger charge is 2.27. The van der Waals surface area contributed by atoms with Crippen LogP contribution in [0.1, 0.15) is 41.4 Å². The number of benzene rings is 1. The molecular formula is C22H25N3O. The molecule has 0 aliphatic carbocycles. The molecule has 1 aromatic carbocycles. The maximum atomic E-state index is 13.4. The maximum absolute atomic E-state index is 13.4. The van der Waals surface area contributed by atoms with Crippen LogP contribution in [-0.2, 0) is 0 Å². The standard InChI is InChI=1S/C22H25N3O/c1-15-4-7-18(8-5-15)20-21(22(26)24-12-10-16(2)11-13-24)25-14-17(3)6-9-19(25)23-20/h4-9,14,16H,10-13H2,1-3H3. The molecule has 0 N–H and O–H groups in total. The zero-order valence-corrected chi connectivity index (χ0v) is 15.7. The van der Waals surface area contributed by atoms with Crippen molar-refractivity contribution in [3.8, 4) is 11.3 Å². The fraction of sp³-hybridized carbons (Fsp3) is 0.364. The van der Waals surface area contributed by atoms with E-state index >= 15 is 0 Å². The summed E-state index contributed by atoms with van der Waals surface area (Å²) in [6.07, 6.45) is 4.16. The molecule has 0 atom stereocenters. The van der Waals surface area contributed by atoms with Gasteiger partial charge in [0.25, 0.3) is 5.91 Å². The first-order valence-electron chi connectivity index (χ1n) is 9.38. The number of carbonyl (C=O) groups is 1. The molecule has 1 fully saturated rings. The quantitative estimate of drug-likeness (QED) is 0.685. The van der Waals surface area contributed by atoms with Crippen LogP contribution in [0, 0.1) is 19.8 Å². The van der Waals surface area contributed by atoms with Crippen molar-refractivity contribution in [2.24, 2.45) is 5.92 Å². The zero-order chi connectivity index (χ0) is 18.3. The van der Waals surface area contributed by atoms with Crippen LogP contribution in [0.3, 0.4) is 0 Å². The molecule has 4 nitrogen and oxygen atoms in total. The van der Waals surface area contributed by atoms with Gasteiger partial charge in [0.1, 0.15) is 17.0 Å². The number of amides is 1. The molecule has 4 rings (SSSR count). The Morgan fingerprint density at radius 1 is 1.00 bits per heavy atom. The number of fused-ring (bicyclic) bond motifs is 1. The van der Waals surface area contributed by atoms with E-state index in [1.54, 1.807) is 0 Å². The summed E-state index contributed by atoms with van der Waals surface area (Å²) >= 11 is 0. The smallest absolute Gasteiger partial charge is 0.273 e. The fourth-order valence-electron chi connectivity index (χ4n) is 3.63. The predicted octanol–water partition coefficient (Wildman–Crippen LogP) is 4.49. The van der Waals surface area contributed by atoms with E-state index in [9.17, 15) is 4.79 Å². The SMILES string of the molecule is Cc1ccc(-c2nc3ccc(C)cn3c2C(=O)N2CCC(C)CC2)cc1. The topological polar surface area (TPSA) is 37.6 Å². The maximum Gasteiger partial charge on any atom is 0.273 e. The van der Waals surface area contributed by atoms with Gasteiger partial charge in [-0.1, -0.05) is 42.8 Å². The Balaban J connectivity index is 1.85. The molecule has 134 valence electrons. The number of aryl methyl sites for hydroxylation is 2. The molecule has 0 bridgehead atoms. The number of hydrogen-bond acceptors (Lipinski definition) is 2. The van der Waals surface area contributed by atoms with Gasteiger partial charge < -0.3 is 4.90 Å². The lowest BCUT2D eigenvalue weighted by Crippen LogP contribution is -2.38. The van der Waals surface area contributed by atoms with Gasteiger partial charge in [0.05, 0.1) is 0 Å². The Kier molecular flexibility index (Phi) is 4.27. The van der Waals surface area contributed by atoms with Crippen molar-refractivity contribution in [2.45, 2.75) is 33.6 Å². The van der Waals surface area contributed by atoms with Crippen LogP contribution in [0.15, 0.2) is 42.6 Å². The Morgan fingerprint density at radius 3 is 2.35 bits per heavy atom. The molecule has 26 heavy (non-hydrogen) atoms. The van der Waals surface area contributed by atoms with Gasteiger partial charge in [-0.25, -0.2) is 4.98 Å². The number of aromatic nitrogens is 2. The van der Waals surface area contributed by atoms with Crippen LogP contribution in [0.4, 0.5) is 0 Å². The van der Waals surface area contributed by atoms with E-state index in [1.807, 2.05) is 34.6 Å². The van der Waals surface area contributed by atoms with Crippen LogP contribution in [-0.4, -0.2) is 33.3 Å². The number of piperidine rings is 1. The number of imidazole rings is 1. The lowest BCUT2D eigenvalue weighted by molar-refractivity contribution is 0.0691. The molecule has 1 aliphatic heterocycles. The van der Waals surface area contributed by atoms with Gasteiger partial charge in [-0.05, 0) is 44.2 Å². The largest absolute Gasteiger partial charge is 0.337 e. The molecule has 2 aromatic heterocycles. The van der Waals surface area contributed by atoms with E-state index in [-0.39, 0.29) is 5.91 Å². The van der Waals surface area contributed by atoms with Crippen molar-refractivity contribution < 1.29 is 4.79 Å². The molecule has 4 heteroatoms. The first kappa shape index (κ1) is 16.8. The Hall–Kier alpha value is -2.62. The molecule has 0 radical (unpaired) electrons. The summed E-state index contributed by atoms with van der Waals surface area (Å²) in [5.41, 5.74) is 5.59. The average Bonchev–Trinajstić information content (AvgIpc) is 3.01. The van der Waals surface area contributed by atoms with E-state index < -0.39 is 0 Å². The van der Waals surface area contributed by atoms with Crippen molar-refractivity contribution in [2.75, 3.05) is 13.1 Å². The van der Waals surface area contributed by atoms with E-state index in [1.165, 1.54) is 5.56 Å². The van der Waals surface area contributed by atoms with Crippen LogP contribution < -0.4 is 0 Å². The lowest BCUT2D eigenvalue weighted by atomic mass is 9.98. The summed E-state index contributed by atoms with van der Waals surface area (Å²) in [7, 11) is 0. The zero-order valence-electron chi connectivity index (χ0n) is 15.7. The van der Waals surface area contributed by atoms with Crippen molar-refractivity contribution >= 4 is 11.6 Å². The molecule has 0 spiro atoms. The van der Waals surface area contributed by atoms with Gasteiger partial charge >= 0.3 is 0 Å². The third kappa shape index (κ3) is 3.00. The van der Waals surface area contributed by atoms with E-state index in [0.717, 1.165) is 48.4 Å². The van der Waals surface area contributed by atoms with Crippen LogP contribution >= 0.6 is 0 Å². The van der Waals surface area contributed by atoms with Crippen molar-refractivity contribution in [1.29, 1.82) is 0 Å². The van der Waals surface area contributed by atoms with Gasteiger partial charge in [-0.15, -0.1) is 0 Å². The molecule has 0 unspecified atom stereocenters. The molecular weight excluding hydrogens is 322 g/mol. The summed E-state index contributed by atoms with van der Waals surface area (Å²) in [4.78, 5) is 20.2. The first-order chi connectivity index (χ1) is 12.5. The van der Waals surface area contributed by atoms with Gasteiger partial charge in [-0.2, -0.15) is 0 Å². The number of pyridine rings is 1. The molecule has 0 saturated carbocycles. The van der Waals surface area contributed by atoms with Crippen molar-refractivity contribution in [3.05, 3.63) is 59.4 Å². The molecule has 1 saturated heterocycles. The number of rotatable bonds is 2. The number of likely N-dealkylation sites (tertiary alicyclic amines) is 1. The second-order valence-corrected chi connectivity index (χ2v) is 7.58. The highest BCUT2D eigenvalue weighted by Crippen LogP contribution is 2.28. The van der Waals surface area contributed by atoms with E-state index in [0.29, 0.717) is 11.6 Å². The van der Waals surface area contributed by atoms with Gasteiger partial charge in [-0.3, -0.25) is 9.20 Å². The van der Waals surface area contributed by atoms with Gasteiger partial charge in [0.2, 0.25) is 0 Å². The normalized spacial score (nSPS) is 15.6. The first-order valence-corrected chi connectivity index (χ1v) is 9.38. The summed E-state index contributed by atoms with van der Waals surface area (Å²) in [5.74, 6) is 0.783. The number of nitrogens with zero attached hydrogens (tertiary/aromatic N) is 3. The van der Waals surface area contributed by atoms with Crippen molar-refractivity contribution in [3.63, 3.8) is 0 Å². The second-order valence-electron chi connectivity index (χ2n) is 7.58. The van der Waals surface area contributed by atoms with E-state index in [2.05, 4.69) is 38.1 Å². The summed E-state index contributed by atoms with van der Waals surface area (Å²) in [5, 5.41) is 0. The second kappa shape index (κ2) is 6.60. The minimum Gasteiger partial charge on any atom is -0.337 e. The predicted molar refractivity (Wildman–Crippen MR) is 104 cm³/mol. The van der Waals surface area contributed by atoms with Gasteiger partial charge in [0.15, 0.2) is 0 Å². The number of carbonyl (C=O) groups excluding carboxylic acids is 1. The summed E-state index contributed by atoms with van der Waals surface area (Å²) in [6.45, 7) is 8.02. The van der Waals surface area contributed by atoms with Crippen LogP contribution in [0.5, 0.6) is 0 Å². The highest BCUT2D eigenvalue weighted by molar-refractivity contribution is 5.99. The van der Waals surface area contributed by atoms with Gasteiger partial charge in [0, 0.05) is 24.8 Å². The number of hydrogen-bond donors (Lipinski definition) is 0. The Labute approximate surface area is 154 Å². The Bertz CT molecular complexity index is 947. The monoisotopic (exact) mass is 347 g/mol. The average molecular weight is 347 g/mol. The third-order valence-electron chi connectivity index (χ3n) is 5.36. The lowest BCUT2D eigenvalue weighted by Gasteiger charge is -2.30. The highest BCUT2D eigenvalue weighted by atomic mass is 16.2.